The number of cyclic esters (lactones) is 2. The van der Waals surface area contributed by atoms with E-state index in [1.807, 2.05) is 0 Å². The number of hydrogen-bond acceptors (Lipinski definition) is 6. The quantitative estimate of drug-likeness (QED) is 0.353. The second kappa shape index (κ2) is 3.60. The van der Waals surface area contributed by atoms with Crippen molar-refractivity contribution in [1.82, 2.24) is 0 Å². The van der Waals surface area contributed by atoms with Crippen LogP contribution in [-0.2, 0) is 19.1 Å². The van der Waals surface area contributed by atoms with Crippen molar-refractivity contribution in [2.75, 3.05) is 11.5 Å². The van der Waals surface area contributed by atoms with Gasteiger partial charge >= 0.3 is 11.9 Å². The Morgan fingerprint density at radius 3 is 2.33 bits per heavy atom. The Morgan fingerprint density at radius 2 is 1.56 bits per heavy atom. The average Bonchev–Trinajstić information content (AvgIpc) is 3.39. The van der Waals surface area contributed by atoms with E-state index in [9.17, 15) is 14.4 Å². The first-order chi connectivity index (χ1) is 13.1. The first-order valence-electron chi connectivity index (χ1n) is 10.4. The molecule has 6 saturated carbocycles. The predicted octanol–water partition coefficient (Wildman–Crippen LogP) is 1.99. The lowest BCUT2D eigenvalue weighted by Gasteiger charge is -2.78. The van der Waals surface area contributed by atoms with E-state index in [2.05, 4.69) is 35.7 Å². The van der Waals surface area contributed by atoms with E-state index in [1.54, 1.807) is 0 Å². The molecular formula is C21H18O4S2. The molecule has 10 aliphatic rings. The molecule has 8 fully saturated rings. The Kier molecular flexibility index (Phi) is 1.90. The molecule has 0 amide bonds. The second-order valence-corrected chi connectivity index (χ2v) is 13.3. The summed E-state index contributed by atoms with van der Waals surface area (Å²) in [5.74, 6) is 4.46. The van der Waals surface area contributed by atoms with Crippen LogP contribution in [0.1, 0.15) is 6.42 Å². The third-order valence-electron chi connectivity index (χ3n) is 10.8. The van der Waals surface area contributed by atoms with Crippen LogP contribution in [0.15, 0.2) is 12.2 Å². The van der Waals surface area contributed by atoms with Gasteiger partial charge in [-0.3, -0.25) is 14.4 Å². The molecule has 0 aromatic heterocycles. The molecular weight excluding hydrogens is 380 g/mol. The summed E-state index contributed by atoms with van der Waals surface area (Å²) in [6, 6.07) is 0. The first kappa shape index (κ1) is 14.3. The fourth-order valence-corrected chi connectivity index (χ4v) is 15.8. The zero-order valence-electron chi connectivity index (χ0n) is 14.5. The smallest absolute Gasteiger partial charge is 0.318 e. The summed E-state index contributed by atoms with van der Waals surface area (Å²) < 4.78 is 5.30. The minimum absolute atomic E-state index is 0.0278. The molecule has 10 rings (SSSR count). The van der Waals surface area contributed by atoms with Gasteiger partial charge in [-0.15, -0.1) is 23.5 Å². The maximum atomic E-state index is 14.1. The number of carbonyl (C=O) groups excluding carboxylic acids is 3. The van der Waals surface area contributed by atoms with Crippen molar-refractivity contribution in [3.8, 4) is 0 Å². The Labute approximate surface area is 164 Å². The summed E-state index contributed by atoms with van der Waals surface area (Å²) in [4.78, 5) is 39.5. The van der Waals surface area contributed by atoms with Crippen molar-refractivity contribution >= 4 is 41.2 Å². The molecule has 4 bridgehead atoms. The highest BCUT2D eigenvalue weighted by Gasteiger charge is 3.03. The minimum Gasteiger partial charge on any atom is -0.393 e. The molecule has 0 radical (unpaired) electrons. The summed E-state index contributed by atoms with van der Waals surface area (Å²) in [5, 5.41) is 0. The average molecular weight is 399 g/mol. The van der Waals surface area contributed by atoms with Crippen LogP contribution >= 0.6 is 23.5 Å². The number of thioether (sulfide) groups is 2. The Hall–Kier alpha value is -0.750. The molecule has 2 aliphatic heterocycles. The van der Waals surface area contributed by atoms with Gasteiger partial charge in [-0.25, -0.2) is 0 Å². The molecule has 0 aromatic rings. The Balaban J connectivity index is 1.43. The second-order valence-electron chi connectivity index (χ2n) is 10.4. The SMILES string of the molecule is O=C1OC(=O)C2C1[C@H]1C=C[C@@H]2[C@]23[C@H]4[C@@H]5C[C@H]6[C@H](C(=O)[C@@]12[C@H]64)[C@@H]5C31SCCS1. The van der Waals surface area contributed by atoms with Gasteiger partial charge in [0.2, 0.25) is 0 Å². The van der Waals surface area contributed by atoms with Gasteiger partial charge in [0.05, 0.1) is 15.9 Å². The van der Waals surface area contributed by atoms with Crippen LogP contribution in [-0.4, -0.2) is 33.3 Å². The minimum atomic E-state index is -0.396. The van der Waals surface area contributed by atoms with E-state index in [4.69, 9.17) is 4.74 Å². The van der Waals surface area contributed by atoms with Crippen LogP contribution in [0.25, 0.3) is 0 Å². The number of allylic oxidation sites excluding steroid dienone is 2. The molecule has 8 aliphatic carbocycles. The monoisotopic (exact) mass is 398 g/mol. The van der Waals surface area contributed by atoms with Crippen LogP contribution in [0.5, 0.6) is 0 Å². The van der Waals surface area contributed by atoms with Crippen LogP contribution < -0.4 is 0 Å². The molecule has 3 spiro atoms. The Bertz CT molecular complexity index is 967. The molecule has 2 heterocycles. The normalized spacial score (nSPS) is 68.2. The zero-order chi connectivity index (χ0) is 17.7. The summed E-state index contributed by atoms with van der Waals surface area (Å²) in [6.45, 7) is 0. The number of rotatable bonds is 0. The highest BCUT2D eigenvalue weighted by molar-refractivity contribution is 8.21. The number of fused-ring (bicyclic) bond motifs is 2. The van der Waals surface area contributed by atoms with Gasteiger partial charge in [-0.05, 0) is 36.0 Å². The number of esters is 2. The highest BCUT2D eigenvalue weighted by Crippen LogP contribution is 3.01. The van der Waals surface area contributed by atoms with Gasteiger partial charge < -0.3 is 4.74 Å². The fourth-order valence-electron chi connectivity index (χ4n) is 11.3. The summed E-state index contributed by atoms with van der Waals surface area (Å²) in [6.07, 6.45) is 5.66. The molecule has 6 heteroatoms. The fraction of sp³-hybridized carbons (Fsp3) is 0.762. The lowest BCUT2D eigenvalue weighted by atomic mass is 9.26. The van der Waals surface area contributed by atoms with E-state index in [0.717, 1.165) is 11.5 Å². The van der Waals surface area contributed by atoms with E-state index in [0.29, 0.717) is 35.4 Å². The number of carbonyl (C=O) groups is 3. The number of hydrogen-bond donors (Lipinski definition) is 0. The van der Waals surface area contributed by atoms with Crippen molar-refractivity contribution in [2.24, 2.45) is 70.0 Å². The lowest BCUT2D eigenvalue weighted by molar-refractivity contribution is -0.261. The van der Waals surface area contributed by atoms with E-state index >= 15 is 0 Å². The largest absolute Gasteiger partial charge is 0.393 e. The molecule has 0 N–H and O–H groups in total. The third kappa shape index (κ3) is 0.899. The standard InChI is InChI=1S/C21H18O4S2/c22-16-10-6-5-7-13(10)21(26-3-4-27-21)20-9-2-1-8(19(16,20)14(6)15(7)20)11-12(9)18(24)25-17(11)23/h1-2,6-15H,3-5H2/t6-,7+,8+,9-,10-,11?,12?,13+,14+,15-,19-,20-/m0/s1. The van der Waals surface area contributed by atoms with Crippen molar-refractivity contribution in [3.63, 3.8) is 0 Å². The van der Waals surface area contributed by atoms with Crippen molar-refractivity contribution in [1.29, 1.82) is 0 Å². The molecule has 27 heavy (non-hydrogen) atoms. The van der Waals surface area contributed by atoms with Crippen molar-refractivity contribution < 1.29 is 19.1 Å². The number of ether oxygens (including phenoxy) is 1. The van der Waals surface area contributed by atoms with Crippen LogP contribution in [0.2, 0.25) is 0 Å². The van der Waals surface area contributed by atoms with E-state index in [1.165, 1.54) is 6.42 Å². The number of Topliss-reactive ketones (excluding diaryl/α,β-unsaturated/α-hetero) is 1. The van der Waals surface area contributed by atoms with Gasteiger partial charge in [0, 0.05) is 40.1 Å². The van der Waals surface area contributed by atoms with Gasteiger partial charge in [-0.2, -0.15) is 0 Å². The summed E-state index contributed by atoms with van der Waals surface area (Å²) in [5.41, 5.74) is -0.446. The van der Waals surface area contributed by atoms with Crippen LogP contribution in [0.3, 0.4) is 0 Å². The Morgan fingerprint density at radius 1 is 0.852 bits per heavy atom. The molecule has 0 aromatic carbocycles. The van der Waals surface area contributed by atoms with Crippen LogP contribution in [0.4, 0.5) is 0 Å². The molecule has 12 atom stereocenters. The predicted molar refractivity (Wildman–Crippen MR) is 97.3 cm³/mol. The first-order valence-corrected chi connectivity index (χ1v) is 12.4. The van der Waals surface area contributed by atoms with Crippen LogP contribution in [0, 0.1) is 70.0 Å². The topological polar surface area (TPSA) is 60.4 Å². The summed E-state index contributed by atoms with van der Waals surface area (Å²) >= 11 is 4.26. The van der Waals surface area contributed by atoms with Gasteiger partial charge in [0.1, 0.15) is 5.78 Å². The lowest BCUT2D eigenvalue weighted by Crippen LogP contribution is -2.81. The molecule has 138 valence electrons. The van der Waals surface area contributed by atoms with Crippen molar-refractivity contribution in [3.05, 3.63) is 12.2 Å². The van der Waals surface area contributed by atoms with Crippen molar-refractivity contribution in [2.45, 2.75) is 10.5 Å². The molecule has 2 unspecified atom stereocenters. The van der Waals surface area contributed by atoms with Gasteiger partial charge in [0.25, 0.3) is 0 Å². The maximum Gasteiger partial charge on any atom is 0.318 e. The highest BCUT2D eigenvalue weighted by atomic mass is 32.2. The zero-order valence-corrected chi connectivity index (χ0v) is 16.1. The maximum absolute atomic E-state index is 14.1. The number of ketones is 1. The van der Waals surface area contributed by atoms with Gasteiger partial charge in [0.15, 0.2) is 0 Å². The third-order valence-corrected chi connectivity index (χ3v) is 14.7. The van der Waals surface area contributed by atoms with E-state index < -0.39 is 5.92 Å². The van der Waals surface area contributed by atoms with E-state index in [-0.39, 0.29) is 50.5 Å². The molecule has 4 nitrogen and oxygen atoms in total. The summed E-state index contributed by atoms with van der Waals surface area (Å²) in [7, 11) is 0. The van der Waals surface area contributed by atoms with Gasteiger partial charge in [-0.1, -0.05) is 12.2 Å². The molecule has 2 saturated heterocycles.